The lowest BCUT2D eigenvalue weighted by molar-refractivity contribution is -0.384. The van der Waals surface area contributed by atoms with Crippen LogP contribution < -0.4 is 24.7 Å². The highest BCUT2D eigenvalue weighted by Gasteiger charge is 2.38. The standard InChI is InChI=1S/C36H31N5O8/c1-22-8-4-7-11-29(22)37-35(44)28-21-32(26-9-5-6-10-27(26)34(28)43)49-31-17-14-24(41(46)47)20-30(31)38(2)36(45)40-33(42)18-19-39(40)23-12-15-25(48-3)16-13-23/h4-17,20-21,43H,18-19H2,1-3H3,(H,37,44). The lowest BCUT2D eigenvalue weighted by Gasteiger charge is -2.31. The fourth-order valence-electron chi connectivity index (χ4n) is 5.57. The van der Waals surface area contributed by atoms with E-state index >= 15 is 0 Å². The molecule has 0 aliphatic carbocycles. The number of hydrogen-bond acceptors (Lipinski definition) is 9. The van der Waals surface area contributed by atoms with Crippen LogP contribution in [0.15, 0.2) is 97.1 Å². The molecule has 0 unspecified atom stereocenters. The number of phenols is 1. The molecule has 5 aromatic rings. The predicted octanol–water partition coefficient (Wildman–Crippen LogP) is 7.03. The Labute approximate surface area is 280 Å². The molecule has 248 valence electrons. The second-order valence-corrected chi connectivity index (χ2v) is 11.2. The van der Waals surface area contributed by atoms with Crippen molar-refractivity contribution in [3.8, 4) is 23.0 Å². The molecule has 1 aliphatic heterocycles. The van der Waals surface area contributed by atoms with Gasteiger partial charge in [0, 0.05) is 48.6 Å². The Balaban J connectivity index is 1.39. The SMILES string of the molecule is COc1ccc(N2CCC(=O)N2C(=O)N(C)c2cc([N+](=O)[O-])ccc2Oc2cc(C(=O)Nc3ccccc3C)c(O)c3ccccc23)cc1. The van der Waals surface area contributed by atoms with E-state index in [1.165, 1.54) is 43.4 Å². The normalized spacial score (nSPS) is 12.6. The van der Waals surface area contributed by atoms with Crippen molar-refractivity contribution in [2.75, 3.05) is 35.9 Å². The maximum atomic E-state index is 14.0. The average Bonchev–Trinajstić information content (AvgIpc) is 3.50. The molecule has 0 saturated carbocycles. The number of methoxy groups -OCH3 is 1. The molecule has 0 spiro atoms. The molecule has 0 radical (unpaired) electrons. The van der Waals surface area contributed by atoms with Gasteiger partial charge in [0.25, 0.3) is 17.5 Å². The van der Waals surface area contributed by atoms with Gasteiger partial charge in [-0.1, -0.05) is 42.5 Å². The largest absolute Gasteiger partial charge is 0.506 e. The molecule has 0 atom stereocenters. The highest BCUT2D eigenvalue weighted by molar-refractivity contribution is 6.11. The van der Waals surface area contributed by atoms with Crippen LogP contribution >= 0.6 is 0 Å². The number of aromatic hydroxyl groups is 1. The number of nitrogens with zero attached hydrogens (tertiary/aromatic N) is 4. The molecule has 6 rings (SSSR count). The lowest BCUT2D eigenvalue weighted by atomic mass is 10.0. The third kappa shape index (κ3) is 6.24. The van der Waals surface area contributed by atoms with Crippen molar-refractivity contribution in [3.05, 3.63) is 118 Å². The van der Waals surface area contributed by atoms with Crippen LogP contribution in [-0.4, -0.2) is 53.6 Å². The van der Waals surface area contributed by atoms with Crippen LogP contribution in [0.1, 0.15) is 22.3 Å². The molecule has 4 amide bonds. The Hall–Kier alpha value is -6.63. The molecular weight excluding hydrogens is 630 g/mol. The first kappa shape index (κ1) is 32.3. The summed E-state index contributed by atoms with van der Waals surface area (Å²) >= 11 is 0. The summed E-state index contributed by atoms with van der Waals surface area (Å²) in [6.07, 6.45) is 0.0662. The number of nitro benzene ring substituents is 1. The molecule has 1 fully saturated rings. The van der Waals surface area contributed by atoms with Crippen molar-refractivity contribution in [1.82, 2.24) is 5.01 Å². The minimum atomic E-state index is -0.780. The highest BCUT2D eigenvalue weighted by atomic mass is 16.6. The number of ether oxygens (including phenoxy) is 2. The van der Waals surface area contributed by atoms with Gasteiger partial charge in [0.15, 0.2) is 5.75 Å². The Bertz CT molecular complexity index is 2120. The number of hydrazine groups is 1. The van der Waals surface area contributed by atoms with Gasteiger partial charge in [-0.05, 0) is 55.0 Å². The van der Waals surface area contributed by atoms with E-state index in [9.17, 15) is 29.6 Å². The highest BCUT2D eigenvalue weighted by Crippen LogP contribution is 2.42. The molecular formula is C36H31N5O8. The summed E-state index contributed by atoms with van der Waals surface area (Å²) in [5, 5.41) is 29.1. The number of urea groups is 1. The molecule has 13 heteroatoms. The number of aryl methyl sites for hydroxylation is 1. The number of imide groups is 1. The minimum Gasteiger partial charge on any atom is -0.506 e. The number of carbonyl (C=O) groups excluding carboxylic acids is 3. The van der Waals surface area contributed by atoms with Crippen LogP contribution in [0.4, 0.5) is 27.5 Å². The number of benzene rings is 5. The Morgan fingerprint density at radius 3 is 2.33 bits per heavy atom. The summed E-state index contributed by atoms with van der Waals surface area (Å²) in [5.41, 5.74) is 1.52. The van der Waals surface area contributed by atoms with Crippen molar-refractivity contribution in [1.29, 1.82) is 0 Å². The van der Waals surface area contributed by atoms with Gasteiger partial charge in [-0.25, -0.2) is 4.79 Å². The molecule has 2 N–H and O–H groups in total. The van der Waals surface area contributed by atoms with Gasteiger partial charge in [-0.3, -0.25) is 29.6 Å². The van der Waals surface area contributed by atoms with Crippen LogP contribution in [0.2, 0.25) is 0 Å². The number of anilines is 3. The number of nitrogens with one attached hydrogen (secondary N) is 1. The number of non-ortho nitro benzene ring substituents is 1. The van der Waals surface area contributed by atoms with Crippen molar-refractivity contribution in [2.45, 2.75) is 13.3 Å². The van der Waals surface area contributed by atoms with Crippen molar-refractivity contribution >= 4 is 51.4 Å². The summed E-state index contributed by atoms with van der Waals surface area (Å²) in [7, 11) is 2.90. The lowest BCUT2D eigenvalue weighted by Crippen LogP contribution is -2.49. The second-order valence-electron chi connectivity index (χ2n) is 11.2. The maximum absolute atomic E-state index is 14.0. The first-order valence-electron chi connectivity index (χ1n) is 15.2. The predicted molar refractivity (Wildman–Crippen MR) is 184 cm³/mol. The number of para-hydroxylation sites is 1. The topological polar surface area (TPSA) is 155 Å². The van der Waals surface area contributed by atoms with Crippen LogP contribution in [0.25, 0.3) is 10.8 Å². The first-order chi connectivity index (χ1) is 23.6. The van der Waals surface area contributed by atoms with E-state index in [1.807, 2.05) is 19.1 Å². The summed E-state index contributed by atoms with van der Waals surface area (Å²) in [6, 6.07) is 25.0. The van der Waals surface area contributed by atoms with E-state index in [4.69, 9.17) is 9.47 Å². The molecule has 13 nitrogen and oxygen atoms in total. The van der Waals surface area contributed by atoms with Crippen molar-refractivity contribution in [2.24, 2.45) is 0 Å². The summed E-state index contributed by atoms with van der Waals surface area (Å²) in [6.45, 7) is 2.07. The summed E-state index contributed by atoms with van der Waals surface area (Å²) in [4.78, 5) is 52.8. The van der Waals surface area contributed by atoms with E-state index in [-0.39, 0.29) is 47.2 Å². The molecule has 0 bridgehead atoms. The van der Waals surface area contributed by atoms with Gasteiger partial charge in [0.05, 0.1) is 29.0 Å². The van der Waals surface area contributed by atoms with Crippen LogP contribution in [0, 0.1) is 17.0 Å². The molecule has 1 aliphatic rings. The van der Waals surface area contributed by atoms with Crippen LogP contribution in [0.3, 0.4) is 0 Å². The summed E-state index contributed by atoms with van der Waals surface area (Å²) < 4.78 is 11.6. The minimum absolute atomic E-state index is 0.0170. The van der Waals surface area contributed by atoms with Crippen LogP contribution in [-0.2, 0) is 4.79 Å². The second kappa shape index (κ2) is 13.2. The monoisotopic (exact) mass is 661 g/mol. The summed E-state index contributed by atoms with van der Waals surface area (Å²) in [5.74, 6) is -0.572. The fourth-order valence-corrected chi connectivity index (χ4v) is 5.57. The number of rotatable bonds is 8. The zero-order valence-electron chi connectivity index (χ0n) is 26.7. The van der Waals surface area contributed by atoms with E-state index in [0.29, 0.717) is 27.9 Å². The van der Waals surface area contributed by atoms with Gasteiger partial charge in [0.1, 0.15) is 17.2 Å². The quantitative estimate of drug-likeness (QED) is 0.132. The van der Waals surface area contributed by atoms with E-state index in [2.05, 4.69) is 5.32 Å². The zero-order chi connectivity index (χ0) is 34.8. The van der Waals surface area contributed by atoms with Gasteiger partial charge in [-0.2, -0.15) is 5.01 Å². The Kier molecular flexibility index (Phi) is 8.73. The van der Waals surface area contributed by atoms with Gasteiger partial charge >= 0.3 is 6.03 Å². The van der Waals surface area contributed by atoms with E-state index in [1.54, 1.807) is 60.7 Å². The van der Waals surface area contributed by atoms with E-state index in [0.717, 1.165) is 15.5 Å². The third-order valence-corrected chi connectivity index (χ3v) is 8.20. The van der Waals surface area contributed by atoms with Gasteiger partial charge in [0.2, 0.25) is 0 Å². The Morgan fingerprint density at radius 2 is 1.63 bits per heavy atom. The number of phenolic OH excluding ortho intramolecular Hbond substituents is 1. The molecule has 49 heavy (non-hydrogen) atoms. The number of carbonyl (C=O) groups is 3. The van der Waals surface area contributed by atoms with Gasteiger partial charge in [-0.15, -0.1) is 0 Å². The van der Waals surface area contributed by atoms with Gasteiger partial charge < -0.3 is 19.9 Å². The van der Waals surface area contributed by atoms with Crippen molar-refractivity contribution < 1.29 is 33.9 Å². The van der Waals surface area contributed by atoms with Crippen molar-refractivity contribution in [3.63, 3.8) is 0 Å². The smallest absolute Gasteiger partial charge is 0.350 e. The molecule has 0 aromatic heterocycles. The molecule has 5 aromatic carbocycles. The fraction of sp³-hybridized carbons (Fsp3) is 0.139. The number of nitro groups is 1. The number of amides is 4. The first-order valence-corrected chi connectivity index (χ1v) is 15.2. The zero-order valence-corrected chi connectivity index (χ0v) is 26.7. The van der Waals surface area contributed by atoms with E-state index < -0.39 is 22.8 Å². The Morgan fingerprint density at radius 1 is 0.939 bits per heavy atom. The van der Waals surface area contributed by atoms with Crippen LogP contribution in [0.5, 0.6) is 23.0 Å². The number of fused-ring (bicyclic) bond motifs is 1. The average molecular weight is 662 g/mol. The number of hydrogen-bond donors (Lipinski definition) is 2. The maximum Gasteiger partial charge on any atom is 0.350 e. The third-order valence-electron chi connectivity index (χ3n) is 8.20. The molecule has 1 saturated heterocycles. The molecule has 1 heterocycles.